The Morgan fingerprint density at radius 3 is 2.44 bits per heavy atom. The van der Waals surface area contributed by atoms with Crippen LogP contribution in [0.2, 0.25) is 0 Å². The second-order valence-corrected chi connectivity index (χ2v) is 10.8. The van der Waals surface area contributed by atoms with Crippen LogP contribution in [0.1, 0.15) is 49.4 Å². The van der Waals surface area contributed by atoms with Gasteiger partial charge in [0.05, 0.1) is 11.9 Å². The zero-order valence-corrected chi connectivity index (χ0v) is 20.1. The Morgan fingerprint density at radius 2 is 1.89 bits per heavy atom. The van der Waals surface area contributed by atoms with E-state index < -0.39 is 11.9 Å². The molecule has 2 aliphatic carbocycles. The summed E-state index contributed by atoms with van der Waals surface area (Å²) < 4.78 is 38.4. The largest absolute Gasteiger partial charge is 0.483 e. The van der Waals surface area contributed by atoms with Gasteiger partial charge in [-0.15, -0.1) is 0 Å². The molecule has 0 radical (unpaired) electrons. The molecule has 194 valence electrons. The van der Waals surface area contributed by atoms with Crippen LogP contribution in [0.15, 0.2) is 42.9 Å². The Kier molecular flexibility index (Phi) is 6.67. The number of anilines is 1. The van der Waals surface area contributed by atoms with E-state index in [0.29, 0.717) is 17.5 Å². The van der Waals surface area contributed by atoms with Crippen LogP contribution in [0.5, 0.6) is 0 Å². The quantitative estimate of drug-likeness (QED) is 0.611. The number of rotatable bonds is 4. The van der Waals surface area contributed by atoms with Crippen LogP contribution >= 0.6 is 0 Å². The number of pyridine rings is 2. The van der Waals surface area contributed by atoms with Gasteiger partial charge < -0.3 is 15.3 Å². The molecule has 2 spiro atoms. The normalized spacial score (nSPS) is 23.6. The number of alkyl halides is 3. The third kappa shape index (κ3) is 4.80. The van der Waals surface area contributed by atoms with Gasteiger partial charge >= 0.3 is 6.18 Å². The number of carbonyl (C=O) groups is 1. The Labute approximate surface area is 208 Å². The molecule has 2 aromatic rings. The highest BCUT2D eigenvalue weighted by atomic mass is 19.4. The third-order valence-corrected chi connectivity index (χ3v) is 8.43. The predicted octanol–water partition coefficient (Wildman–Crippen LogP) is 3.98. The summed E-state index contributed by atoms with van der Waals surface area (Å²) in [5.74, 6) is 0.595. The maximum absolute atomic E-state index is 12.8. The Hall–Kier alpha value is -2.72. The maximum atomic E-state index is 12.8. The van der Waals surface area contributed by atoms with Gasteiger partial charge in [0.15, 0.2) is 0 Å². The molecule has 6 rings (SSSR count). The Morgan fingerprint density at radius 1 is 1.14 bits per heavy atom. The van der Waals surface area contributed by atoms with Crippen molar-refractivity contribution in [3.05, 3.63) is 54.1 Å². The molecule has 0 aromatic carbocycles. The molecular formula is C26H32F3N5O2. The van der Waals surface area contributed by atoms with Gasteiger partial charge in [0.25, 0.3) is 6.47 Å². The van der Waals surface area contributed by atoms with Gasteiger partial charge in [-0.3, -0.25) is 14.7 Å². The zero-order valence-electron chi connectivity index (χ0n) is 20.1. The lowest BCUT2D eigenvalue weighted by atomic mass is 9.55. The van der Waals surface area contributed by atoms with E-state index in [1.165, 1.54) is 31.0 Å². The highest BCUT2D eigenvalue weighted by Crippen LogP contribution is 2.58. The molecule has 1 atom stereocenters. The van der Waals surface area contributed by atoms with E-state index in [1.807, 2.05) is 18.5 Å². The summed E-state index contributed by atoms with van der Waals surface area (Å²) in [5.41, 5.74) is 1.87. The van der Waals surface area contributed by atoms with Gasteiger partial charge in [0.1, 0.15) is 5.69 Å². The number of piperazine rings is 1. The second-order valence-electron chi connectivity index (χ2n) is 10.8. The Balaban J connectivity index is 0.000000848. The molecule has 2 aliphatic heterocycles. The molecule has 2 saturated carbocycles. The van der Waals surface area contributed by atoms with Crippen LogP contribution in [0.25, 0.3) is 0 Å². The second kappa shape index (κ2) is 9.63. The molecular weight excluding hydrogens is 471 g/mol. The van der Waals surface area contributed by atoms with Gasteiger partial charge in [-0.2, -0.15) is 13.2 Å². The molecule has 0 amide bonds. The van der Waals surface area contributed by atoms with E-state index in [0.717, 1.165) is 57.3 Å². The van der Waals surface area contributed by atoms with Gasteiger partial charge in [-0.25, -0.2) is 4.98 Å². The van der Waals surface area contributed by atoms with Crippen molar-refractivity contribution >= 4 is 12.2 Å². The molecule has 4 fully saturated rings. The summed E-state index contributed by atoms with van der Waals surface area (Å²) in [5, 5.41) is 10.7. The molecule has 2 aromatic heterocycles. The van der Waals surface area contributed by atoms with Crippen molar-refractivity contribution in [2.75, 3.05) is 37.6 Å². The fourth-order valence-electron chi connectivity index (χ4n) is 6.72. The van der Waals surface area contributed by atoms with Crippen molar-refractivity contribution in [1.82, 2.24) is 20.2 Å². The van der Waals surface area contributed by atoms with Gasteiger partial charge in [-0.05, 0) is 61.8 Å². The van der Waals surface area contributed by atoms with Gasteiger partial charge in [0, 0.05) is 62.1 Å². The van der Waals surface area contributed by atoms with Crippen molar-refractivity contribution in [3.8, 4) is 0 Å². The van der Waals surface area contributed by atoms with Gasteiger partial charge in [-0.1, -0.05) is 6.07 Å². The standard InChI is InChI=1S/C25H30F3N5.CH2O2/c26-25(27,28)21-5-4-20(14-30-21)33-15-23(16-33)11-19(12-23)22(18-3-1-8-29-13-18)32-10-9-31-24(17-32)6-2-7-24;2-1-3/h1,3-5,8,13-14,19,22,31H,2,6-7,9-12,15-17H2;1H,(H,2,3). The molecule has 36 heavy (non-hydrogen) atoms. The lowest BCUT2D eigenvalue weighted by Gasteiger charge is -2.63. The zero-order chi connectivity index (χ0) is 25.4. The van der Waals surface area contributed by atoms with Crippen molar-refractivity contribution in [1.29, 1.82) is 0 Å². The van der Waals surface area contributed by atoms with E-state index in [-0.39, 0.29) is 11.9 Å². The number of hydrogen-bond donors (Lipinski definition) is 2. The SMILES string of the molecule is FC(F)(F)c1ccc(N2CC3(CC(C(c4cccnc4)N4CCNC5(CCC5)C4)C3)C2)cn1.O=CO. The summed E-state index contributed by atoms with van der Waals surface area (Å²) in [6.45, 7) is 4.78. The average Bonchev–Trinajstić information content (AvgIpc) is 2.79. The fourth-order valence-corrected chi connectivity index (χ4v) is 6.72. The minimum absolute atomic E-state index is 0.250. The van der Waals surface area contributed by atoms with Crippen molar-refractivity contribution in [3.63, 3.8) is 0 Å². The number of nitrogens with one attached hydrogen (secondary N) is 1. The topological polar surface area (TPSA) is 81.6 Å². The van der Waals surface area contributed by atoms with Crippen LogP contribution in [0.3, 0.4) is 0 Å². The summed E-state index contributed by atoms with van der Waals surface area (Å²) in [6, 6.07) is 7.30. The Bertz CT molecular complexity index is 1030. The van der Waals surface area contributed by atoms with Crippen LogP contribution in [-0.4, -0.2) is 64.7 Å². The first-order valence-electron chi connectivity index (χ1n) is 12.5. The van der Waals surface area contributed by atoms with Crippen LogP contribution in [0, 0.1) is 11.3 Å². The van der Waals surface area contributed by atoms with Crippen LogP contribution in [0.4, 0.5) is 18.9 Å². The first-order valence-corrected chi connectivity index (χ1v) is 12.5. The number of hydrogen-bond acceptors (Lipinski definition) is 6. The first kappa shape index (κ1) is 25.0. The van der Waals surface area contributed by atoms with Gasteiger partial charge in [0.2, 0.25) is 0 Å². The number of aromatic nitrogens is 2. The predicted molar refractivity (Wildman–Crippen MR) is 128 cm³/mol. The highest BCUT2D eigenvalue weighted by molar-refractivity contribution is 5.49. The lowest BCUT2D eigenvalue weighted by Crippen LogP contribution is -2.67. The number of nitrogens with zero attached hydrogens (tertiary/aromatic N) is 4. The van der Waals surface area contributed by atoms with Crippen molar-refractivity contribution in [2.24, 2.45) is 11.3 Å². The molecule has 2 N–H and O–H groups in total. The summed E-state index contributed by atoms with van der Waals surface area (Å²) in [6.07, 6.45) is 7.04. The van der Waals surface area contributed by atoms with E-state index in [4.69, 9.17) is 9.90 Å². The number of halogens is 3. The molecule has 10 heteroatoms. The summed E-state index contributed by atoms with van der Waals surface area (Å²) in [4.78, 5) is 21.3. The number of carboxylic acid groups (broad SMARTS) is 1. The minimum Gasteiger partial charge on any atom is -0.483 e. The minimum atomic E-state index is -4.39. The van der Waals surface area contributed by atoms with Crippen LogP contribution in [-0.2, 0) is 11.0 Å². The van der Waals surface area contributed by atoms with E-state index in [1.54, 1.807) is 6.07 Å². The lowest BCUT2D eigenvalue weighted by molar-refractivity contribution is -0.141. The maximum Gasteiger partial charge on any atom is 0.433 e. The molecule has 0 bridgehead atoms. The van der Waals surface area contributed by atoms with Crippen molar-refractivity contribution in [2.45, 2.75) is 49.9 Å². The molecule has 4 heterocycles. The van der Waals surface area contributed by atoms with Crippen molar-refractivity contribution < 1.29 is 23.1 Å². The monoisotopic (exact) mass is 503 g/mol. The average molecular weight is 504 g/mol. The fraction of sp³-hybridized carbons (Fsp3) is 0.577. The molecule has 4 aliphatic rings. The van der Waals surface area contributed by atoms with E-state index in [2.05, 4.69) is 31.2 Å². The van der Waals surface area contributed by atoms with E-state index in [9.17, 15) is 13.2 Å². The van der Waals surface area contributed by atoms with Crippen LogP contribution < -0.4 is 10.2 Å². The highest BCUT2D eigenvalue weighted by Gasteiger charge is 2.56. The molecule has 1 unspecified atom stereocenters. The summed E-state index contributed by atoms with van der Waals surface area (Å²) in [7, 11) is 0. The molecule has 2 saturated heterocycles. The molecule has 7 nitrogen and oxygen atoms in total. The first-order chi connectivity index (χ1) is 17.3. The summed E-state index contributed by atoms with van der Waals surface area (Å²) >= 11 is 0. The smallest absolute Gasteiger partial charge is 0.433 e. The third-order valence-electron chi connectivity index (χ3n) is 8.43. The van der Waals surface area contributed by atoms with E-state index >= 15 is 0 Å².